The van der Waals surface area contributed by atoms with Gasteiger partial charge in [0.25, 0.3) is 0 Å². The topological polar surface area (TPSA) is 46.2 Å². The second-order valence-corrected chi connectivity index (χ2v) is 5.56. The summed E-state index contributed by atoms with van der Waals surface area (Å²) in [5, 5.41) is 11.3. The smallest absolute Gasteiger partial charge is 0.0873 e. The predicted octanol–water partition coefficient (Wildman–Crippen LogP) is 3.73. The van der Waals surface area contributed by atoms with Crippen molar-refractivity contribution >= 4 is 11.6 Å². The minimum absolute atomic E-state index is 0.132. The summed E-state index contributed by atoms with van der Waals surface area (Å²) in [6, 6.07) is 13.7. The standard InChI is InChI=1S/C17H20ClNO/c1-11-6-8-13(9-7-11)15(10-19)17(20)14-4-3-5-16(18)12(14)2/h3-9,15,17,20H,10,19H2,1-2H3. The number of hydrogen-bond donors (Lipinski definition) is 2. The Bertz CT molecular complexity index is 580. The number of halogens is 1. The van der Waals surface area contributed by atoms with Crippen molar-refractivity contribution in [3.8, 4) is 0 Å². The zero-order chi connectivity index (χ0) is 14.7. The van der Waals surface area contributed by atoms with Crippen LogP contribution in [0, 0.1) is 13.8 Å². The molecule has 0 fully saturated rings. The normalized spacial score (nSPS) is 14.1. The van der Waals surface area contributed by atoms with Crippen LogP contribution in [-0.2, 0) is 0 Å². The van der Waals surface area contributed by atoms with Gasteiger partial charge in [0, 0.05) is 17.5 Å². The van der Waals surface area contributed by atoms with Gasteiger partial charge in [0.05, 0.1) is 6.10 Å². The van der Waals surface area contributed by atoms with Gasteiger partial charge in [0.15, 0.2) is 0 Å². The Morgan fingerprint density at radius 3 is 2.35 bits per heavy atom. The first kappa shape index (κ1) is 15.0. The summed E-state index contributed by atoms with van der Waals surface area (Å²) in [6.07, 6.45) is -0.651. The maximum Gasteiger partial charge on any atom is 0.0873 e. The Labute approximate surface area is 125 Å². The summed E-state index contributed by atoms with van der Waals surface area (Å²) in [6.45, 7) is 4.35. The second-order valence-electron chi connectivity index (χ2n) is 5.15. The molecule has 3 heteroatoms. The summed E-state index contributed by atoms with van der Waals surface area (Å²) in [4.78, 5) is 0. The van der Waals surface area contributed by atoms with E-state index in [0.717, 1.165) is 16.7 Å². The summed E-state index contributed by atoms with van der Waals surface area (Å²) in [7, 11) is 0. The van der Waals surface area contributed by atoms with Crippen LogP contribution in [0.2, 0.25) is 5.02 Å². The van der Waals surface area contributed by atoms with Gasteiger partial charge in [-0.15, -0.1) is 0 Å². The van der Waals surface area contributed by atoms with Crippen LogP contribution in [0.15, 0.2) is 42.5 Å². The molecule has 2 unspecified atom stereocenters. The first-order valence-corrected chi connectivity index (χ1v) is 7.12. The quantitative estimate of drug-likeness (QED) is 0.901. The fraction of sp³-hybridized carbons (Fsp3) is 0.294. The van der Waals surface area contributed by atoms with Crippen LogP contribution < -0.4 is 5.73 Å². The van der Waals surface area contributed by atoms with Crippen molar-refractivity contribution in [2.75, 3.05) is 6.54 Å². The Kier molecular flexibility index (Phi) is 4.81. The van der Waals surface area contributed by atoms with Crippen LogP contribution in [0.25, 0.3) is 0 Å². The van der Waals surface area contributed by atoms with Gasteiger partial charge >= 0.3 is 0 Å². The summed E-state index contributed by atoms with van der Waals surface area (Å²) < 4.78 is 0. The molecule has 2 atom stereocenters. The Morgan fingerprint density at radius 1 is 1.10 bits per heavy atom. The number of aliphatic hydroxyl groups excluding tert-OH is 1. The van der Waals surface area contributed by atoms with Crippen LogP contribution in [0.1, 0.15) is 34.3 Å². The lowest BCUT2D eigenvalue weighted by molar-refractivity contribution is 0.147. The summed E-state index contributed by atoms with van der Waals surface area (Å²) in [5.41, 5.74) is 9.87. The number of rotatable bonds is 4. The van der Waals surface area contributed by atoms with E-state index in [4.69, 9.17) is 17.3 Å². The molecular formula is C17H20ClNO. The van der Waals surface area contributed by atoms with E-state index in [1.165, 1.54) is 5.56 Å². The van der Waals surface area contributed by atoms with E-state index >= 15 is 0 Å². The molecule has 106 valence electrons. The van der Waals surface area contributed by atoms with Crippen molar-refractivity contribution in [1.29, 1.82) is 0 Å². The monoisotopic (exact) mass is 289 g/mol. The Balaban J connectivity index is 2.36. The van der Waals surface area contributed by atoms with E-state index < -0.39 is 6.10 Å². The molecule has 0 aromatic heterocycles. The molecule has 20 heavy (non-hydrogen) atoms. The van der Waals surface area contributed by atoms with E-state index in [2.05, 4.69) is 0 Å². The average molecular weight is 290 g/mol. The molecule has 0 radical (unpaired) electrons. The minimum atomic E-state index is -0.651. The SMILES string of the molecule is Cc1ccc(C(CN)C(O)c2cccc(Cl)c2C)cc1. The first-order chi connectivity index (χ1) is 9.54. The van der Waals surface area contributed by atoms with Crippen molar-refractivity contribution in [2.45, 2.75) is 25.9 Å². The van der Waals surface area contributed by atoms with E-state index in [9.17, 15) is 5.11 Å². The summed E-state index contributed by atoms with van der Waals surface area (Å²) in [5.74, 6) is -0.132. The third-order valence-corrected chi connectivity index (χ3v) is 4.18. The average Bonchev–Trinajstić information content (AvgIpc) is 2.44. The van der Waals surface area contributed by atoms with Gasteiger partial charge in [-0.1, -0.05) is 53.6 Å². The van der Waals surface area contributed by atoms with Crippen molar-refractivity contribution in [3.05, 3.63) is 69.7 Å². The molecular weight excluding hydrogens is 270 g/mol. The van der Waals surface area contributed by atoms with E-state index in [1.54, 1.807) is 0 Å². The van der Waals surface area contributed by atoms with Gasteiger partial charge in [-0.25, -0.2) is 0 Å². The molecule has 2 nitrogen and oxygen atoms in total. The predicted molar refractivity (Wildman–Crippen MR) is 84.1 cm³/mol. The number of aliphatic hydroxyl groups is 1. The van der Waals surface area contributed by atoms with Crippen LogP contribution in [-0.4, -0.2) is 11.7 Å². The molecule has 0 saturated heterocycles. The molecule has 0 heterocycles. The summed E-state index contributed by atoms with van der Waals surface area (Å²) >= 11 is 6.13. The van der Waals surface area contributed by atoms with Crippen LogP contribution in [0.4, 0.5) is 0 Å². The number of aryl methyl sites for hydroxylation is 1. The van der Waals surface area contributed by atoms with Gasteiger partial charge in [0.2, 0.25) is 0 Å². The first-order valence-electron chi connectivity index (χ1n) is 6.74. The molecule has 0 bridgehead atoms. The van der Waals surface area contributed by atoms with Crippen LogP contribution in [0.5, 0.6) is 0 Å². The van der Waals surface area contributed by atoms with E-state index in [0.29, 0.717) is 11.6 Å². The maximum atomic E-state index is 10.7. The Hall–Kier alpha value is -1.35. The molecule has 0 aliphatic heterocycles. The van der Waals surface area contributed by atoms with Crippen molar-refractivity contribution < 1.29 is 5.11 Å². The zero-order valence-corrected chi connectivity index (χ0v) is 12.6. The lowest BCUT2D eigenvalue weighted by Gasteiger charge is -2.24. The fourth-order valence-electron chi connectivity index (χ4n) is 2.42. The number of hydrogen-bond acceptors (Lipinski definition) is 2. The highest BCUT2D eigenvalue weighted by Crippen LogP contribution is 2.34. The van der Waals surface area contributed by atoms with Crippen molar-refractivity contribution in [1.82, 2.24) is 0 Å². The highest BCUT2D eigenvalue weighted by molar-refractivity contribution is 6.31. The lowest BCUT2D eigenvalue weighted by atomic mass is 9.87. The van der Waals surface area contributed by atoms with Crippen molar-refractivity contribution in [3.63, 3.8) is 0 Å². The highest BCUT2D eigenvalue weighted by Gasteiger charge is 2.23. The zero-order valence-electron chi connectivity index (χ0n) is 11.8. The van der Waals surface area contributed by atoms with E-state index in [1.807, 2.05) is 56.3 Å². The van der Waals surface area contributed by atoms with Crippen LogP contribution >= 0.6 is 11.6 Å². The lowest BCUT2D eigenvalue weighted by Crippen LogP contribution is -2.20. The van der Waals surface area contributed by atoms with Crippen molar-refractivity contribution in [2.24, 2.45) is 5.73 Å². The minimum Gasteiger partial charge on any atom is -0.388 e. The molecule has 0 saturated carbocycles. The maximum absolute atomic E-state index is 10.7. The number of benzene rings is 2. The third kappa shape index (κ3) is 3.04. The van der Waals surface area contributed by atoms with Crippen LogP contribution in [0.3, 0.4) is 0 Å². The molecule has 0 aliphatic rings. The van der Waals surface area contributed by atoms with Gasteiger partial charge in [-0.05, 0) is 36.6 Å². The van der Waals surface area contributed by atoms with Gasteiger partial charge < -0.3 is 10.8 Å². The largest absolute Gasteiger partial charge is 0.388 e. The molecule has 0 spiro atoms. The van der Waals surface area contributed by atoms with Gasteiger partial charge in [0.1, 0.15) is 0 Å². The molecule has 0 aliphatic carbocycles. The Morgan fingerprint density at radius 2 is 1.75 bits per heavy atom. The highest BCUT2D eigenvalue weighted by atomic mass is 35.5. The van der Waals surface area contributed by atoms with Gasteiger partial charge in [-0.2, -0.15) is 0 Å². The molecule has 0 amide bonds. The molecule has 2 aromatic carbocycles. The second kappa shape index (κ2) is 6.40. The molecule has 2 aromatic rings. The van der Waals surface area contributed by atoms with E-state index in [-0.39, 0.29) is 5.92 Å². The molecule has 2 rings (SSSR count). The molecule has 3 N–H and O–H groups in total. The number of nitrogens with two attached hydrogens (primary N) is 1. The third-order valence-electron chi connectivity index (χ3n) is 3.77. The fourth-order valence-corrected chi connectivity index (χ4v) is 2.60. The van der Waals surface area contributed by atoms with Gasteiger partial charge in [-0.3, -0.25) is 0 Å².